The third-order valence-electron chi connectivity index (χ3n) is 3.21. The van der Waals surface area contributed by atoms with Crippen molar-refractivity contribution in [1.29, 1.82) is 5.26 Å². The van der Waals surface area contributed by atoms with Crippen molar-refractivity contribution in [2.75, 3.05) is 11.4 Å². The summed E-state index contributed by atoms with van der Waals surface area (Å²) in [5.74, 6) is 0. The summed E-state index contributed by atoms with van der Waals surface area (Å²) in [6.45, 7) is 7.65. The van der Waals surface area contributed by atoms with Crippen LogP contribution < -0.4 is 4.90 Å². The number of nitriles is 1. The molecule has 1 rings (SSSR count). The molecule has 2 nitrogen and oxygen atoms in total. The van der Waals surface area contributed by atoms with Crippen LogP contribution in [-0.4, -0.2) is 12.6 Å². The zero-order valence-corrected chi connectivity index (χ0v) is 11.1. The third-order valence-corrected chi connectivity index (χ3v) is 3.21. The first-order valence-corrected chi connectivity index (χ1v) is 6.50. The molecule has 0 fully saturated rings. The fourth-order valence-electron chi connectivity index (χ4n) is 1.95. The molecular weight excluding hydrogens is 208 g/mol. The van der Waals surface area contributed by atoms with Crippen LogP contribution in [-0.2, 0) is 0 Å². The minimum atomic E-state index is 0.482. The smallest absolute Gasteiger partial charge is 0.101 e. The van der Waals surface area contributed by atoms with Crippen LogP contribution in [0.25, 0.3) is 0 Å². The van der Waals surface area contributed by atoms with Crippen molar-refractivity contribution >= 4 is 5.69 Å². The monoisotopic (exact) mass is 230 g/mol. The summed E-state index contributed by atoms with van der Waals surface area (Å²) in [5.41, 5.74) is 1.86. The molecule has 0 amide bonds. The van der Waals surface area contributed by atoms with E-state index >= 15 is 0 Å². The lowest BCUT2D eigenvalue weighted by Gasteiger charge is -2.31. The second-order valence-corrected chi connectivity index (χ2v) is 4.43. The maximum Gasteiger partial charge on any atom is 0.101 e. The fraction of sp³-hybridized carbons (Fsp3) is 0.533. The van der Waals surface area contributed by atoms with Gasteiger partial charge in [0.2, 0.25) is 0 Å². The molecule has 1 unspecified atom stereocenters. The van der Waals surface area contributed by atoms with Gasteiger partial charge in [0.25, 0.3) is 0 Å². The van der Waals surface area contributed by atoms with Gasteiger partial charge in [-0.05, 0) is 31.9 Å². The van der Waals surface area contributed by atoms with Gasteiger partial charge in [-0.2, -0.15) is 5.26 Å². The Bertz CT molecular complexity index is 379. The summed E-state index contributed by atoms with van der Waals surface area (Å²) in [4.78, 5) is 2.36. The summed E-state index contributed by atoms with van der Waals surface area (Å²) in [6, 6.07) is 10.7. The molecule has 0 saturated heterocycles. The van der Waals surface area contributed by atoms with Crippen molar-refractivity contribution in [2.45, 2.75) is 46.1 Å². The maximum atomic E-state index is 9.17. The van der Waals surface area contributed by atoms with E-state index in [1.54, 1.807) is 0 Å². The number of hydrogen-bond acceptors (Lipinski definition) is 2. The molecule has 0 aromatic heterocycles. The first kappa shape index (κ1) is 13.6. The van der Waals surface area contributed by atoms with Crippen LogP contribution in [0.2, 0.25) is 0 Å². The van der Waals surface area contributed by atoms with E-state index in [-0.39, 0.29) is 0 Å². The second-order valence-electron chi connectivity index (χ2n) is 4.43. The highest BCUT2D eigenvalue weighted by atomic mass is 15.2. The predicted molar refractivity (Wildman–Crippen MR) is 73.2 cm³/mol. The molecule has 1 atom stereocenters. The van der Waals surface area contributed by atoms with Crippen LogP contribution >= 0.6 is 0 Å². The standard InChI is InChI=1S/C15H22N2/c1-4-6-11-17(13(3)5-2)15-10-8-7-9-14(15)12-16/h7-10,13H,4-6,11H2,1-3H3. The van der Waals surface area contributed by atoms with Crippen LogP contribution in [0.15, 0.2) is 24.3 Å². The molecule has 1 aromatic rings. The van der Waals surface area contributed by atoms with Gasteiger partial charge in [0.05, 0.1) is 11.3 Å². The van der Waals surface area contributed by atoms with Crippen molar-refractivity contribution in [3.8, 4) is 6.07 Å². The largest absolute Gasteiger partial charge is 0.368 e. The summed E-state index contributed by atoms with van der Waals surface area (Å²) < 4.78 is 0. The van der Waals surface area contributed by atoms with E-state index in [9.17, 15) is 5.26 Å². The highest BCUT2D eigenvalue weighted by molar-refractivity contribution is 5.59. The minimum absolute atomic E-state index is 0.482. The molecular formula is C15H22N2. The summed E-state index contributed by atoms with van der Waals surface area (Å²) in [7, 11) is 0. The van der Waals surface area contributed by atoms with Crippen LogP contribution in [0.4, 0.5) is 5.69 Å². The number of rotatable bonds is 6. The number of unbranched alkanes of at least 4 members (excludes halogenated alkanes) is 1. The van der Waals surface area contributed by atoms with E-state index in [0.717, 1.165) is 24.2 Å². The third kappa shape index (κ3) is 3.49. The molecule has 0 heterocycles. The van der Waals surface area contributed by atoms with Gasteiger partial charge in [0, 0.05) is 12.6 Å². The molecule has 0 aliphatic rings. The Labute approximate surface area is 105 Å². The van der Waals surface area contributed by atoms with Gasteiger partial charge < -0.3 is 4.90 Å². The molecule has 0 aliphatic heterocycles. The van der Waals surface area contributed by atoms with Gasteiger partial charge in [0.1, 0.15) is 6.07 Å². The zero-order valence-electron chi connectivity index (χ0n) is 11.1. The zero-order chi connectivity index (χ0) is 12.7. The first-order chi connectivity index (χ1) is 8.24. The SMILES string of the molecule is CCCCN(c1ccccc1C#N)C(C)CC. The quantitative estimate of drug-likeness (QED) is 0.739. The lowest BCUT2D eigenvalue weighted by molar-refractivity contribution is 0.595. The van der Waals surface area contributed by atoms with E-state index in [2.05, 4.69) is 37.8 Å². The first-order valence-electron chi connectivity index (χ1n) is 6.50. The summed E-state index contributed by atoms with van der Waals surface area (Å²) in [5, 5.41) is 9.17. The molecule has 92 valence electrons. The number of nitrogens with zero attached hydrogens (tertiary/aromatic N) is 2. The van der Waals surface area contributed by atoms with Gasteiger partial charge in [-0.3, -0.25) is 0 Å². The Hall–Kier alpha value is -1.49. The van der Waals surface area contributed by atoms with Crippen LogP contribution in [0.5, 0.6) is 0 Å². The number of hydrogen-bond donors (Lipinski definition) is 0. The number of anilines is 1. The van der Waals surface area contributed by atoms with Crippen molar-refractivity contribution in [3.05, 3.63) is 29.8 Å². The van der Waals surface area contributed by atoms with Gasteiger partial charge >= 0.3 is 0 Å². The summed E-state index contributed by atoms with van der Waals surface area (Å²) >= 11 is 0. The van der Waals surface area contributed by atoms with Gasteiger partial charge in [-0.15, -0.1) is 0 Å². The molecule has 0 spiro atoms. The Morgan fingerprint density at radius 3 is 2.59 bits per heavy atom. The number of benzene rings is 1. The Balaban J connectivity index is 2.99. The van der Waals surface area contributed by atoms with Gasteiger partial charge in [0.15, 0.2) is 0 Å². The molecule has 2 heteroatoms. The highest BCUT2D eigenvalue weighted by Gasteiger charge is 2.15. The molecule has 17 heavy (non-hydrogen) atoms. The Morgan fingerprint density at radius 1 is 1.29 bits per heavy atom. The topological polar surface area (TPSA) is 27.0 Å². The molecule has 0 aliphatic carbocycles. The number of para-hydroxylation sites is 1. The molecule has 0 saturated carbocycles. The molecule has 0 bridgehead atoms. The van der Waals surface area contributed by atoms with Crippen molar-refractivity contribution in [2.24, 2.45) is 0 Å². The molecule has 0 N–H and O–H groups in total. The average Bonchev–Trinajstić information content (AvgIpc) is 2.39. The van der Waals surface area contributed by atoms with Gasteiger partial charge in [-0.1, -0.05) is 32.4 Å². The molecule has 0 radical (unpaired) electrons. The highest BCUT2D eigenvalue weighted by Crippen LogP contribution is 2.23. The van der Waals surface area contributed by atoms with Gasteiger partial charge in [-0.25, -0.2) is 0 Å². The van der Waals surface area contributed by atoms with Crippen molar-refractivity contribution < 1.29 is 0 Å². The second kappa shape index (κ2) is 6.96. The summed E-state index contributed by atoms with van der Waals surface area (Å²) in [6.07, 6.45) is 3.45. The van der Waals surface area contributed by atoms with Crippen LogP contribution in [0.1, 0.15) is 45.6 Å². The lowest BCUT2D eigenvalue weighted by Crippen LogP contribution is -2.34. The minimum Gasteiger partial charge on any atom is -0.368 e. The lowest BCUT2D eigenvalue weighted by atomic mass is 10.1. The maximum absolute atomic E-state index is 9.17. The predicted octanol–water partition coefficient (Wildman–Crippen LogP) is 3.96. The van der Waals surface area contributed by atoms with E-state index in [4.69, 9.17) is 0 Å². The van der Waals surface area contributed by atoms with E-state index in [1.165, 1.54) is 12.8 Å². The Morgan fingerprint density at radius 2 is 2.00 bits per heavy atom. The normalized spacial score (nSPS) is 11.9. The molecule has 1 aromatic carbocycles. The Kier molecular flexibility index (Phi) is 5.56. The van der Waals surface area contributed by atoms with E-state index < -0.39 is 0 Å². The van der Waals surface area contributed by atoms with Crippen molar-refractivity contribution in [3.63, 3.8) is 0 Å². The fourth-order valence-corrected chi connectivity index (χ4v) is 1.95. The van der Waals surface area contributed by atoms with Crippen LogP contribution in [0.3, 0.4) is 0 Å². The average molecular weight is 230 g/mol. The van der Waals surface area contributed by atoms with E-state index in [0.29, 0.717) is 6.04 Å². The van der Waals surface area contributed by atoms with E-state index in [1.807, 2.05) is 18.2 Å². The van der Waals surface area contributed by atoms with Crippen molar-refractivity contribution in [1.82, 2.24) is 0 Å². The van der Waals surface area contributed by atoms with Crippen LogP contribution in [0, 0.1) is 11.3 Å².